The molecule has 0 spiro atoms. The Morgan fingerprint density at radius 1 is 1.23 bits per heavy atom. The van der Waals surface area contributed by atoms with E-state index in [4.69, 9.17) is 4.74 Å². The summed E-state index contributed by atoms with van der Waals surface area (Å²) >= 11 is 0. The molecule has 5 atom stereocenters. The maximum Gasteiger partial charge on any atom is 0.302 e. The van der Waals surface area contributed by atoms with Gasteiger partial charge in [0.25, 0.3) is 0 Å². The number of rotatable bonds is 3. The minimum Gasteiger partial charge on any atom is -0.466 e. The summed E-state index contributed by atoms with van der Waals surface area (Å²) in [6, 6.07) is 0. The number of ether oxygens (including phenoxy) is 1. The van der Waals surface area contributed by atoms with Crippen LogP contribution in [0.4, 0.5) is 0 Å². The van der Waals surface area contributed by atoms with Crippen LogP contribution in [-0.2, 0) is 9.53 Å². The topological polar surface area (TPSA) is 66.8 Å². The summed E-state index contributed by atoms with van der Waals surface area (Å²) in [5.41, 5.74) is -0.968. The number of carbonyl (C=O) groups is 1. The van der Waals surface area contributed by atoms with E-state index in [1.165, 1.54) is 6.92 Å². The van der Waals surface area contributed by atoms with Crippen molar-refractivity contribution in [3.05, 3.63) is 0 Å². The van der Waals surface area contributed by atoms with Gasteiger partial charge in [-0.1, -0.05) is 27.2 Å². The molecule has 2 rings (SSSR count). The van der Waals surface area contributed by atoms with E-state index in [2.05, 4.69) is 20.8 Å². The zero-order valence-electron chi connectivity index (χ0n) is 14.7. The van der Waals surface area contributed by atoms with Gasteiger partial charge in [-0.25, -0.2) is 0 Å². The summed E-state index contributed by atoms with van der Waals surface area (Å²) in [6.07, 6.45) is 3.83. The van der Waals surface area contributed by atoms with Crippen molar-refractivity contribution in [1.29, 1.82) is 0 Å². The summed E-state index contributed by atoms with van der Waals surface area (Å²) < 4.78 is 5.13. The molecule has 2 unspecified atom stereocenters. The van der Waals surface area contributed by atoms with Crippen molar-refractivity contribution in [2.24, 2.45) is 22.7 Å². The summed E-state index contributed by atoms with van der Waals surface area (Å²) in [6.45, 7) is 10.3. The largest absolute Gasteiger partial charge is 0.466 e. The van der Waals surface area contributed by atoms with Gasteiger partial charge < -0.3 is 14.9 Å². The molecule has 2 aliphatic carbocycles. The maximum absolute atomic E-state index is 11.0. The fourth-order valence-electron chi connectivity index (χ4n) is 5.83. The molecule has 2 N–H and O–H groups in total. The summed E-state index contributed by atoms with van der Waals surface area (Å²) in [7, 11) is 0. The second-order valence-electron chi connectivity index (χ2n) is 8.64. The molecule has 22 heavy (non-hydrogen) atoms. The van der Waals surface area contributed by atoms with Gasteiger partial charge in [0, 0.05) is 13.3 Å². The van der Waals surface area contributed by atoms with Gasteiger partial charge in [0.05, 0.1) is 18.3 Å². The highest BCUT2D eigenvalue weighted by molar-refractivity contribution is 5.65. The molecule has 0 amide bonds. The Kier molecular flexibility index (Phi) is 4.67. The lowest BCUT2D eigenvalue weighted by molar-refractivity contribution is -0.217. The van der Waals surface area contributed by atoms with Crippen LogP contribution in [0.2, 0.25) is 0 Å². The maximum atomic E-state index is 11.0. The first-order chi connectivity index (χ1) is 10.0. The van der Waals surface area contributed by atoms with E-state index in [-0.39, 0.29) is 28.6 Å². The van der Waals surface area contributed by atoms with Crippen molar-refractivity contribution >= 4 is 5.97 Å². The van der Waals surface area contributed by atoms with Crippen LogP contribution in [0.25, 0.3) is 0 Å². The SMILES string of the molecule is CC(=O)OCC[C@@H]1[C@@](C)(O)CC(O)C2C(C)(C)CCC[C@@]21C. The number of fused-ring (bicyclic) bond motifs is 1. The predicted octanol–water partition coefficient (Wildman–Crippen LogP) is 2.90. The molecule has 128 valence electrons. The highest BCUT2D eigenvalue weighted by Crippen LogP contribution is 2.62. The first kappa shape index (κ1) is 17.7. The van der Waals surface area contributed by atoms with Crippen LogP contribution in [0, 0.1) is 22.7 Å². The zero-order chi connectivity index (χ0) is 16.8. The molecule has 0 radical (unpaired) electrons. The number of aliphatic hydroxyl groups excluding tert-OH is 1. The van der Waals surface area contributed by atoms with Gasteiger partial charge in [-0.2, -0.15) is 0 Å². The van der Waals surface area contributed by atoms with E-state index < -0.39 is 11.7 Å². The Labute approximate surface area is 134 Å². The predicted molar refractivity (Wildman–Crippen MR) is 85.2 cm³/mol. The van der Waals surface area contributed by atoms with Gasteiger partial charge in [-0.3, -0.25) is 4.79 Å². The first-order valence-electron chi connectivity index (χ1n) is 8.54. The van der Waals surface area contributed by atoms with Crippen molar-refractivity contribution in [3.8, 4) is 0 Å². The first-order valence-corrected chi connectivity index (χ1v) is 8.54. The molecule has 0 aromatic rings. The third-order valence-electron chi connectivity index (χ3n) is 6.35. The summed E-state index contributed by atoms with van der Waals surface area (Å²) in [4.78, 5) is 11.0. The van der Waals surface area contributed by atoms with Crippen molar-refractivity contribution in [2.75, 3.05) is 6.61 Å². The van der Waals surface area contributed by atoms with Gasteiger partial charge in [0.2, 0.25) is 0 Å². The monoisotopic (exact) mass is 312 g/mol. The molecule has 0 saturated heterocycles. The number of aliphatic hydroxyl groups is 2. The Hall–Kier alpha value is -0.610. The van der Waals surface area contributed by atoms with Gasteiger partial charge in [-0.15, -0.1) is 0 Å². The average molecular weight is 312 g/mol. The highest BCUT2D eigenvalue weighted by Gasteiger charge is 2.61. The molecular weight excluding hydrogens is 280 g/mol. The van der Waals surface area contributed by atoms with E-state index >= 15 is 0 Å². The lowest BCUT2D eigenvalue weighted by atomic mass is 9.44. The average Bonchev–Trinajstić information content (AvgIpc) is 2.30. The Morgan fingerprint density at radius 2 is 1.86 bits per heavy atom. The van der Waals surface area contributed by atoms with Crippen LogP contribution in [-0.4, -0.2) is 34.5 Å². The van der Waals surface area contributed by atoms with Gasteiger partial charge in [-0.05, 0) is 48.9 Å². The summed E-state index contributed by atoms with van der Waals surface area (Å²) in [5, 5.41) is 21.7. The van der Waals surface area contributed by atoms with E-state index in [0.29, 0.717) is 19.4 Å². The van der Waals surface area contributed by atoms with Crippen molar-refractivity contribution in [1.82, 2.24) is 0 Å². The summed E-state index contributed by atoms with van der Waals surface area (Å²) in [5.74, 6) is -0.0650. The molecule has 0 aromatic heterocycles. The van der Waals surface area contributed by atoms with Crippen molar-refractivity contribution in [3.63, 3.8) is 0 Å². The fourth-order valence-corrected chi connectivity index (χ4v) is 5.83. The van der Waals surface area contributed by atoms with Crippen LogP contribution in [0.5, 0.6) is 0 Å². The normalized spacial score (nSPS) is 44.2. The third-order valence-corrected chi connectivity index (χ3v) is 6.35. The van der Waals surface area contributed by atoms with Crippen LogP contribution in [0.1, 0.15) is 66.7 Å². The van der Waals surface area contributed by atoms with Crippen molar-refractivity contribution in [2.45, 2.75) is 78.4 Å². The lowest BCUT2D eigenvalue weighted by Crippen LogP contribution is -2.63. The molecule has 0 heterocycles. The van der Waals surface area contributed by atoms with E-state index in [0.717, 1.165) is 19.3 Å². The molecule has 0 bridgehead atoms. The molecule has 4 nitrogen and oxygen atoms in total. The lowest BCUT2D eigenvalue weighted by Gasteiger charge is -2.62. The Bertz CT molecular complexity index is 429. The second kappa shape index (κ2) is 5.79. The van der Waals surface area contributed by atoms with Gasteiger partial charge in [0.15, 0.2) is 0 Å². The quantitative estimate of drug-likeness (QED) is 0.786. The zero-order valence-corrected chi connectivity index (χ0v) is 14.7. The van der Waals surface area contributed by atoms with Crippen LogP contribution in [0.15, 0.2) is 0 Å². The van der Waals surface area contributed by atoms with E-state index in [9.17, 15) is 15.0 Å². The molecule has 2 aliphatic rings. The van der Waals surface area contributed by atoms with Gasteiger partial charge in [0.1, 0.15) is 0 Å². The molecule has 4 heteroatoms. The number of hydrogen-bond acceptors (Lipinski definition) is 4. The highest BCUT2D eigenvalue weighted by atomic mass is 16.5. The molecule has 0 aliphatic heterocycles. The van der Waals surface area contributed by atoms with E-state index in [1.807, 2.05) is 6.92 Å². The second-order valence-corrected chi connectivity index (χ2v) is 8.64. The van der Waals surface area contributed by atoms with Gasteiger partial charge >= 0.3 is 5.97 Å². The Balaban J connectivity index is 2.29. The number of carbonyl (C=O) groups excluding carboxylic acids is 1. The van der Waals surface area contributed by atoms with E-state index in [1.54, 1.807) is 0 Å². The van der Waals surface area contributed by atoms with Crippen molar-refractivity contribution < 1.29 is 19.7 Å². The molecule has 2 fully saturated rings. The number of esters is 1. The molecule has 2 saturated carbocycles. The van der Waals surface area contributed by atoms with Crippen LogP contribution in [0.3, 0.4) is 0 Å². The minimum absolute atomic E-state index is 0.0346. The molecular formula is C18H32O4. The standard InChI is InChI=1S/C18H32O4/c1-12(19)22-10-7-14-17(4)9-6-8-16(2,3)15(17)13(20)11-18(14,5)21/h13-15,20-21H,6-11H2,1-5H3/t13?,14-,15?,17+,18-/m0/s1. The smallest absolute Gasteiger partial charge is 0.302 e. The van der Waals surface area contributed by atoms with Crippen LogP contribution >= 0.6 is 0 Å². The Morgan fingerprint density at radius 3 is 2.45 bits per heavy atom. The minimum atomic E-state index is -0.918. The number of hydrogen-bond donors (Lipinski definition) is 2. The fraction of sp³-hybridized carbons (Fsp3) is 0.944. The van der Waals surface area contributed by atoms with Crippen LogP contribution < -0.4 is 0 Å². The molecule has 0 aromatic carbocycles. The third kappa shape index (κ3) is 3.05.